The average molecular weight is 549 g/mol. The molecular weight excluding hydrogens is 517 g/mol. The second-order valence-electron chi connectivity index (χ2n) is 9.88. The van der Waals surface area contributed by atoms with Crippen LogP contribution < -0.4 is 4.90 Å². The third-order valence-electron chi connectivity index (χ3n) is 7.59. The minimum absolute atomic E-state index is 0.0861. The summed E-state index contributed by atoms with van der Waals surface area (Å²) in [6.07, 6.45) is 4.40. The molecule has 2 aliphatic rings. The molecule has 1 atom stereocenters. The van der Waals surface area contributed by atoms with E-state index in [2.05, 4.69) is 9.80 Å². The van der Waals surface area contributed by atoms with Crippen LogP contribution >= 0.6 is 34.5 Å². The first-order valence-electron chi connectivity index (χ1n) is 12.5. The fraction of sp³-hybridized carbons (Fsp3) is 0.481. The highest BCUT2D eigenvalue weighted by molar-refractivity contribution is 7.22. The lowest BCUT2D eigenvalue weighted by Crippen LogP contribution is -2.55. The van der Waals surface area contributed by atoms with Gasteiger partial charge in [-0.1, -0.05) is 40.6 Å². The van der Waals surface area contributed by atoms with Crippen LogP contribution in [0.25, 0.3) is 10.2 Å². The Morgan fingerprint density at radius 3 is 2.58 bits per heavy atom. The van der Waals surface area contributed by atoms with E-state index in [0.717, 1.165) is 70.5 Å². The topological polar surface area (TPSA) is 65.9 Å². The van der Waals surface area contributed by atoms with E-state index in [1.54, 1.807) is 17.4 Å². The van der Waals surface area contributed by atoms with Crippen LogP contribution in [0, 0.1) is 0 Å². The molecule has 9 heteroatoms. The van der Waals surface area contributed by atoms with Crippen molar-refractivity contribution < 1.29 is 14.6 Å². The highest BCUT2D eigenvalue weighted by Crippen LogP contribution is 2.41. The number of likely N-dealkylation sites (tertiary alicyclic amines) is 1. The van der Waals surface area contributed by atoms with Gasteiger partial charge in [0.25, 0.3) is 0 Å². The minimum atomic E-state index is -0.670. The van der Waals surface area contributed by atoms with Gasteiger partial charge in [-0.15, -0.1) is 0 Å². The summed E-state index contributed by atoms with van der Waals surface area (Å²) in [6, 6.07) is 11.3. The second-order valence-corrected chi connectivity index (χ2v) is 11.8. The maximum Gasteiger partial charge on any atom is 0.309 e. The van der Waals surface area contributed by atoms with Crippen LogP contribution in [0.5, 0.6) is 0 Å². The molecule has 1 unspecified atom stereocenters. The maximum atomic E-state index is 11.8. The minimum Gasteiger partial charge on any atom is -0.469 e. The number of nitrogens with zero attached hydrogens (tertiary/aromatic N) is 3. The highest BCUT2D eigenvalue weighted by atomic mass is 35.5. The lowest BCUT2D eigenvalue weighted by molar-refractivity contribution is -0.139. The van der Waals surface area contributed by atoms with Crippen molar-refractivity contribution in [1.29, 1.82) is 0 Å². The Morgan fingerprint density at radius 2 is 1.86 bits per heavy atom. The summed E-state index contributed by atoms with van der Waals surface area (Å²) in [5, 5.41) is 13.7. The molecule has 2 aromatic carbocycles. The first-order valence-corrected chi connectivity index (χ1v) is 14.0. The van der Waals surface area contributed by atoms with E-state index in [9.17, 15) is 9.90 Å². The highest BCUT2D eigenvalue weighted by Gasteiger charge is 2.43. The fourth-order valence-corrected chi connectivity index (χ4v) is 7.22. The largest absolute Gasteiger partial charge is 0.469 e. The van der Waals surface area contributed by atoms with Gasteiger partial charge in [0.2, 0.25) is 0 Å². The number of carbonyl (C=O) groups is 1. The van der Waals surface area contributed by atoms with E-state index in [0.29, 0.717) is 11.4 Å². The van der Waals surface area contributed by atoms with Gasteiger partial charge in [0.15, 0.2) is 5.13 Å². The van der Waals surface area contributed by atoms with Gasteiger partial charge >= 0.3 is 5.97 Å². The number of hydrogen-bond acceptors (Lipinski definition) is 7. The molecule has 3 aromatic rings. The van der Waals surface area contributed by atoms with Gasteiger partial charge in [-0.2, -0.15) is 0 Å². The Hall–Kier alpha value is -1.90. The molecule has 192 valence electrons. The van der Waals surface area contributed by atoms with Crippen molar-refractivity contribution in [2.75, 3.05) is 38.2 Å². The Kier molecular flexibility index (Phi) is 7.75. The normalized spacial score (nSPS) is 19.1. The monoisotopic (exact) mass is 547 g/mol. The van der Waals surface area contributed by atoms with Gasteiger partial charge in [-0.3, -0.25) is 9.69 Å². The predicted octanol–water partition coefficient (Wildman–Crippen LogP) is 5.88. The summed E-state index contributed by atoms with van der Waals surface area (Å²) in [5.41, 5.74) is 2.40. The summed E-state index contributed by atoms with van der Waals surface area (Å²) >= 11 is 14.2. The Morgan fingerprint density at radius 1 is 1.11 bits per heavy atom. The average Bonchev–Trinajstić information content (AvgIpc) is 3.54. The number of methoxy groups -OCH3 is 1. The molecule has 0 amide bonds. The van der Waals surface area contributed by atoms with E-state index in [-0.39, 0.29) is 17.9 Å². The molecule has 0 bridgehead atoms. The van der Waals surface area contributed by atoms with Crippen LogP contribution in [0.15, 0.2) is 36.4 Å². The summed E-state index contributed by atoms with van der Waals surface area (Å²) < 4.78 is 5.91. The fourth-order valence-electron chi connectivity index (χ4n) is 5.66. The van der Waals surface area contributed by atoms with E-state index in [1.165, 1.54) is 20.0 Å². The van der Waals surface area contributed by atoms with Crippen molar-refractivity contribution in [3.63, 3.8) is 0 Å². The molecule has 5 rings (SSSR count). The first-order chi connectivity index (χ1) is 17.3. The van der Waals surface area contributed by atoms with Crippen molar-refractivity contribution in [2.45, 2.75) is 50.2 Å². The first kappa shape index (κ1) is 25.7. The SMILES string of the molecule is COC(=O)Cc1cc(Cl)cc(C(O)CC2(N3CCCC3)CCN(c3nc4ccc(Cl)cc4s3)CC2)c1. The van der Waals surface area contributed by atoms with Gasteiger partial charge in [-0.05, 0) is 86.7 Å². The number of carbonyl (C=O) groups excluding carboxylic acids is 1. The number of piperidine rings is 1. The number of ether oxygens (including phenoxy) is 1. The molecule has 1 aromatic heterocycles. The maximum absolute atomic E-state index is 11.8. The molecule has 0 aliphatic carbocycles. The number of aliphatic hydroxyl groups is 1. The van der Waals surface area contributed by atoms with Crippen molar-refractivity contribution in [2.24, 2.45) is 0 Å². The van der Waals surface area contributed by atoms with Crippen LogP contribution in [0.2, 0.25) is 10.0 Å². The predicted molar refractivity (Wildman–Crippen MR) is 146 cm³/mol. The Bertz CT molecular complexity index is 1240. The summed E-state index contributed by atoms with van der Waals surface area (Å²) in [7, 11) is 1.37. The van der Waals surface area contributed by atoms with Crippen LogP contribution in [-0.4, -0.2) is 59.8 Å². The number of aliphatic hydroxyl groups excluding tert-OH is 1. The summed E-state index contributed by atoms with van der Waals surface area (Å²) in [6.45, 7) is 3.91. The zero-order valence-electron chi connectivity index (χ0n) is 20.4. The van der Waals surface area contributed by atoms with E-state index in [1.807, 2.05) is 30.3 Å². The van der Waals surface area contributed by atoms with Crippen LogP contribution in [0.4, 0.5) is 5.13 Å². The lowest BCUT2D eigenvalue weighted by Gasteiger charge is -2.48. The molecular formula is C27H31Cl2N3O3S. The number of thiazole rings is 1. The standard InChI is InChI=1S/C27H31Cl2N3O3S/c1-35-25(34)14-18-12-19(15-21(29)13-18)23(33)17-27(32-8-2-3-9-32)6-10-31(11-7-27)26-30-22-5-4-20(28)16-24(22)36-26/h4-5,12-13,15-16,23,33H,2-3,6-11,14,17H2,1H3. The zero-order valence-corrected chi connectivity index (χ0v) is 22.7. The number of anilines is 1. The number of fused-ring (bicyclic) bond motifs is 1. The van der Waals surface area contributed by atoms with E-state index in [4.69, 9.17) is 32.9 Å². The summed E-state index contributed by atoms with van der Waals surface area (Å²) in [5.74, 6) is -0.323. The Labute approximate surface area is 225 Å². The molecule has 0 radical (unpaired) electrons. The third kappa shape index (κ3) is 5.50. The summed E-state index contributed by atoms with van der Waals surface area (Å²) in [4.78, 5) is 21.6. The van der Waals surface area contributed by atoms with Gasteiger partial charge in [0, 0.05) is 28.7 Å². The van der Waals surface area contributed by atoms with Gasteiger partial charge in [0.1, 0.15) is 0 Å². The van der Waals surface area contributed by atoms with E-state index >= 15 is 0 Å². The molecule has 2 saturated heterocycles. The molecule has 0 spiro atoms. The molecule has 2 aliphatic heterocycles. The van der Waals surface area contributed by atoms with Gasteiger partial charge < -0.3 is 14.7 Å². The van der Waals surface area contributed by atoms with E-state index < -0.39 is 6.10 Å². The number of benzene rings is 2. The van der Waals surface area contributed by atoms with Crippen molar-refractivity contribution in [3.05, 3.63) is 57.6 Å². The molecule has 0 saturated carbocycles. The Balaban J connectivity index is 1.34. The smallest absolute Gasteiger partial charge is 0.309 e. The van der Waals surface area contributed by atoms with Crippen LogP contribution in [-0.2, 0) is 16.0 Å². The third-order valence-corrected chi connectivity index (χ3v) is 9.13. The van der Waals surface area contributed by atoms with Crippen molar-refractivity contribution in [3.8, 4) is 0 Å². The van der Waals surface area contributed by atoms with Crippen LogP contribution in [0.1, 0.15) is 49.3 Å². The van der Waals surface area contributed by atoms with Crippen molar-refractivity contribution >= 4 is 55.9 Å². The number of halogens is 2. The van der Waals surface area contributed by atoms with Gasteiger partial charge in [-0.25, -0.2) is 4.98 Å². The molecule has 1 N–H and O–H groups in total. The lowest BCUT2D eigenvalue weighted by atomic mass is 9.79. The van der Waals surface area contributed by atoms with Crippen molar-refractivity contribution in [1.82, 2.24) is 9.88 Å². The number of hydrogen-bond donors (Lipinski definition) is 1. The molecule has 36 heavy (non-hydrogen) atoms. The number of esters is 1. The molecule has 2 fully saturated rings. The molecule has 3 heterocycles. The van der Waals surface area contributed by atoms with Gasteiger partial charge in [0.05, 0.1) is 29.9 Å². The van der Waals surface area contributed by atoms with Crippen LogP contribution in [0.3, 0.4) is 0 Å². The quantitative estimate of drug-likeness (QED) is 0.372. The number of rotatable bonds is 7. The second kappa shape index (κ2) is 10.8. The molecule has 6 nitrogen and oxygen atoms in total. The zero-order chi connectivity index (χ0) is 25.3. The number of aromatic nitrogens is 1.